The molecule has 0 aromatic heterocycles. The van der Waals surface area contributed by atoms with Crippen LogP contribution in [0, 0.1) is 0 Å². The number of halogens is 2. The minimum atomic E-state index is -0.0366. The number of hydrogen-bond acceptors (Lipinski definition) is 2. The summed E-state index contributed by atoms with van der Waals surface area (Å²) in [6.07, 6.45) is 4.34. The topological polar surface area (TPSA) is 35.2 Å². The molecule has 0 bridgehead atoms. The van der Waals surface area contributed by atoms with E-state index in [0.29, 0.717) is 11.6 Å². The van der Waals surface area contributed by atoms with Gasteiger partial charge >= 0.3 is 0 Å². The van der Waals surface area contributed by atoms with E-state index in [4.69, 9.17) is 22.1 Å². The molecule has 16 heavy (non-hydrogen) atoms. The zero-order valence-corrected chi connectivity index (χ0v) is 11.4. The van der Waals surface area contributed by atoms with Gasteiger partial charge in [0.25, 0.3) is 0 Å². The second kappa shape index (κ2) is 4.94. The average molecular weight is 305 g/mol. The second-order valence-electron chi connectivity index (χ2n) is 4.25. The zero-order chi connectivity index (χ0) is 11.6. The monoisotopic (exact) mass is 303 g/mol. The van der Waals surface area contributed by atoms with Crippen molar-refractivity contribution in [3.63, 3.8) is 0 Å². The Bertz CT molecular complexity index is 379. The normalized spacial score (nSPS) is 17.9. The van der Waals surface area contributed by atoms with Gasteiger partial charge in [0.2, 0.25) is 0 Å². The van der Waals surface area contributed by atoms with Gasteiger partial charge in [-0.15, -0.1) is 0 Å². The van der Waals surface area contributed by atoms with Crippen molar-refractivity contribution < 1.29 is 4.74 Å². The van der Waals surface area contributed by atoms with Gasteiger partial charge in [-0.3, -0.25) is 0 Å². The Morgan fingerprint density at radius 3 is 2.69 bits per heavy atom. The molecule has 1 aliphatic rings. The van der Waals surface area contributed by atoms with E-state index in [-0.39, 0.29) is 5.60 Å². The van der Waals surface area contributed by atoms with Crippen LogP contribution in [0.4, 0.5) is 0 Å². The van der Waals surface area contributed by atoms with E-state index in [0.717, 1.165) is 29.5 Å². The first-order valence-electron chi connectivity index (χ1n) is 5.49. The molecule has 88 valence electrons. The Balaban J connectivity index is 2.13. The summed E-state index contributed by atoms with van der Waals surface area (Å²) in [5, 5.41) is 0.709. The summed E-state index contributed by atoms with van der Waals surface area (Å²) < 4.78 is 6.98. The van der Waals surface area contributed by atoms with Crippen LogP contribution in [-0.4, -0.2) is 12.1 Å². The molecular formula is C12H15BrClNO. The lowest BCUT2D eigenvalue weighted by Gasteiger charge is -2.42. The highest BCUT2D eigenvalue weighted by Gasteiger charge is 2.38. The Hall–Kier alpha value is -0.250. The van der Waals surface area contributed by atoms with Gasteiger partial charge in [-0.1, -0.05) is 11.6 Å². The van der Waals surface area contributed by atoms with Crippen LogP contribution in [0.3, 0.4) is 0 Å². The van der Waals surface area contributed by atoms with E-state index in [1.807, 2.05) is 18.2 Å². The third kappa shape index (κ3) is 2.53. The fourth-order valence-corrected chi connectivity index (χ4v) is 2.79. The highest BCUT2D eigenvalue weighted by atomic mass is 79.9. The van der Waals surface area contributed by atoms with E-state index in [9.17, 15) is 0 Å². The molecule has 1 aromatic rings. The van der Waals surface area contributed by atoms with E-state index in [1.54, 1.807) is 0 Å². The fraction of sp³-hybridized carbons (Fsp3) is 0.500. The van der Waals surface area contributed by atoms with Crippen molar-refractivity contribution in [3.05, 3.63) is 27.7 Å². The van der Waals surface area contributed by atoms with Crippen molar-refractivity contribution in [2.45, 2.75) is 31.3 Å². The lowest BCUT2D eigenvalue weighted by atomic mass is 9.77. The number of rotatable bonds is 4. The Morgan fingerprint density at radius 2 is 2.19 bits per heavy atom. The summed E-state index contributed by atoms with van der Waals surface area (Å²) in [7, 11) is 0. The maximum atomic E-state index is 6.08. The molecule has 0 heterocycles. The SMILES string of the molecule is NCCC1(Oc2ccc(Cl)cc2Br)CCC1. The Morgan fingerprint density at radius 1 is 1.44 bits per heavy atom. The number of ether oxygens (including phenoxy) is 1. The molecule has 1 aromatic carbocycles. The van der Waals surface area contributed by atoms with E-state index >= 15 is 0 Å². The van der Waals surface area contributed by atoms with Gasteiger partial charge in [-0.05, 0) is 66.4 Å². The molecule has 0 radical (unpaired) electrons. The number of hydrogen-bond donors (Lipinski definition) is 1. The average Bonchev–Trinajstić information content (AvgIpc) is 2.18. The second-order valence-corrected chi connectivity index (χ2v) is 5.54. The van der Waals surface area contributed by atoms with Crippen molar-refractivity contribution in [1.82, 2.24) is 0 Å². The van der Waals surface area contributed by atoms with Crippen molar-refractivity contribution in [1.29, 1.82) is 0 Å². The quantitative estimate of drug-likeness (QED) is 0.919. The highest BCUT2D eigenvalue weighted by molar-refractivity contribution is 9.10. The molecule has 2 N–H and O–H groups in total. The summed E-state index contributed by atoms with van der Waals surface area (Å²) >= 11 is 9.36. The molecule has 0 spiro atoms. The molecule has 1 saturated carbocycles. The third-order valence-electron chi connectivity index (χ3n) is 3.09. The van der Waals surface area contributed by atoms with Crippen LogP contribution >= 0.6 is 27.5 Å². The first-order chi connectivity index (χ1) is 7.65. The molecule has 0 saturated heterocycles. The highest BCUT2D eigenvalue weighted by Crippen LogP contribution is 2.41. The van der Waals surface area contributed by atoms with Crippen molar-refractivity contribution in [3.8, 4) is 5.75 Å². The Kier molecular flexibility index (Phi) is 3.77. The van der Waals surface area contributed by atoms with Crippen LogP contribution in [-0.2, 0) is 0 Å². The summed E-state index contributed by atoms with van der Waals surface area (Å²) in [4.78, 5) is 0. The van der Waals surface area contributed by atoms with Gasteiger partial charge in [0.1, 0.15) is 11.4 Å². The van der Waals surface area contributed by atoms with Gasteiger partial charge in [0.15, 0.2) is 0 Å². The van der Waals surface area contributed by atoms with Gasteiger partial charge in [-0.2, -0.15) is 0 Å². The van der Waals surface area contributed by atoms with Gasteiger partial charge < -0.3 is 10.5 Å². The van der Waals surface area contributed by atoms with Crippen LogP contribution in [0.5, 0.6) is 5.75 Å². The van der Waals surface area contributed by atoms with Crippen molar-refractivity contribution in [2.24, 2.45) is 5.73 Å². The maximum absolute atomic E-state index is 6.08. The van der Waals surface area contributed by atoms with Crippen LogP contribution in [0.15, 0.2) is 22.7 Å². The molecule has 0 atom stereocenters. The molecule has 1 fully saturated rings. The summed E-state index contributed by atoms with van der Waals surface area (Å²) in [6.45, 7) is 0.672. The first kappa shape index (κ1) is 12.2. The summed E-state index contributed by atoms with van der Waals surface area (Å²) in [5.74, 6) is 0.859. The minimum absolute atomic E-state index is 0.0366. The van der Waals surface area contributed by atoms with Gasteiger partial charge in [0, 0.05) is 5.02 Å². The standard InChI is InChI=1S/C12H15BrClNO/c13-10-8-9(14)2-3-11(10)16-12(6-7-15)4-1-5-12/h2-3,8H,1,4-7,15H2. The molecule has 0 amide bonds. The number of nitrogens with two attached hydrogens (primary N) is 1. The summed E-state index contributed by atoms with van der Waals surface area (Å²) in [5.41, 5.74) is 5.59. The smallest absolute Gasteiger partial charge is 0.134 e. The van der Waals surface area contributed by atoms with Crippen LogP contribution in [0.25, 0.3) is 0 Å². The van der Waals surface area contributed by atoms with Crippen LogP contribution < -0.4 is 10.5 Å². The molecule has 2 nitrogen and oxygen atoms in total. The predicted molar refractivity (Wildman–Crippen MR) is 70.0 cm³/mol. The largest absolute Gasteiger partial charge is 0.486 e. The lowest BCUT2D eigenvalue weighted by molar-refractivity contribution is -0.0131. The minimum Gasteiger partial charge on any atom is -0.486 e. The molecular weight excluding hydrogens is 289 g/mol. The molecule has 1 aliphatic carbocycles. The van der Waals surface area contributed by atoms with Gasteiger partial charge in [-0.25, -0.2) is 0 Å². The Labute approximate surface area is 109 Å². The van der Waals surface area contributed by atoms with Gasteiger partial charge in [0.05, 0.1) is 4.47 Å². The first-order valence-corrected chi connectivity index (χ1v) is 6.66. The molecule has 4 heteroatoms. The third-order valence-corrected chi connectivity index (χ3v) is 3.94. The number of benzene rings is 1. The van der Waals surface area contributed by atoms with E-state index < -0.39 is 0 Å². The predicted octanol–water partition coefficient (Wildman–Crippen LogP) is 3.75. The molecule has 0 unspecified atom stereocenters. The van der Waals surface area contributed by atoms with Crippen LogP contribution in [0.2, 0.25) is 5.02 Å². The maximum Gasteiger partial charge on any atom is 0.134 e. The molecule has 2 rings (SSSR count). The van der Waals surface area contributed by atoms with Crippen molar-refractivity contribution in [2.75, 3.05) is 6.54 Å². The fourth-order valence-electron chi connectivity index (χ4n) is 2.03. The molecule has 0 aliphatic heterocycles. The van der Waals surface area contributed by atoms with Crippen molar-refractivity contribution >= 4 is 27.5 Å². The zero-order valence-electron chi connectivity index (χ0n) is 9.01. The van der Waals surface area contributed by atoms with Crippen LogP contribution in [0.1, 0.15) is 25.7 Å². The van der Waals surface area contributed by atoms with E-state index in [2.05, 4.69) is 15.9 Å². The summed E-state index contributed by atoms with van der Waals surface area (Å²) in [6, 6.07) is 5.60. The lowest BCUT2D eigenvalue weighted by Crippen LogP contribution is -2.44. The van der Waals surface area contributed by atoms with E-state index in [1.165, 1.54) is 6.42 Å².